The van der Waals surface area contributed by atoms with Gasteiger partial charge in [-0.1, -0.05) is 6.42 Å². The van der Waals surface area contributed by atoms with Crippen molar-refractivity contribution in [2.24, 2.45) is 5.41 Å². The molecule has 0 unspecified atom stereocenters. The molecule has 114 valence electrons. The average molecular weight is 285 g/mol. The lowest BCUT2D eigenvalue weighted by Crippen LogP contribution is -2.48. The molecule has 1 aliphatic carbocycles. The largest absolute Gasteiger partial charge is 0.481 e. The number of urea groups is 1. The van der Waals surface area contributed by atoms with Crippen molar-refractivity contribution in [3.63, 3.8) is 0 Å². The summed E-state index contributed by atoms with van der Waals surface area (Å²) < 4.78 is 0. The highest BCUT2D eigenvalue weighted by Crippen LogP contribution is 2.43. The number of hydrogen-bond donors (Lipinski definition) is 4. The number of rotatable bonds is 7. The SMILES string of the molecule is CC(C)NC(=O)CNC(=O)NCC1(CC(=O)O)CCC1. The Labute approximate surface area is 118 Å². The van der Waals surface area contributed by atoms with Crippen molar-refractivity contribution in [2.45, 2.75) is 45.6 Å². The highest BCUT2D eigenvalue weighted by Gasteiger charge is 2.39. The van der Waals surface area contributed by atoms with Crippen LogP contribution >= 0.6 is 0 Å². The summed E-state index contributed by atoms with van der Waals surface area (Å²) >= 11 is 0. The van der Waals surface area contributed by atoms with Crippen molar-refractivity contribution in [3.8, 4) is 0 Å². The molecule has 1 saturated carbocycles. The molecular weight excluding hydrogens is 262 g/mol. The molecule has 0 saturated heterocycles. The second-order valence-corrected chi connectivity index (χ2v) is 5.68. The summed E-state index contributed by atoms with van der Waals surface area (Å²) in [5, 5.41) is 16.6. The molecule has 1 fully saturated rings. The van der Waals surface area contributed by atoms with Gasteiger partial charge in [0, 0.05) is 12.6 Å². The molecule has 0 aromatic carbocycles. The Morgan fingerprint density at radius 2 is 1.85 bits per heavy atom. The van der Waals surface area contributed by atoms with E-state index in [1.807, 2.05) is 13.8 Å². The monoisotopic (exact) mass is 285 g/mol. The minimum atomic E-state index is -0.844. The highest BCUT2D eigenvalue weighted by atomic mass is 16.4. The van der Waals surface area contributed by atoms with Crippen molar-refractivity contribution < 1.29 is 19.5 Å². The molecule has 1 aliphatic rings. The number of carbonyl (C=O) groups is 3. The van der Waals surface area contributed by atoms with Crippen LogP contribution in [0.4, 0.5) is 4.79 Å². The van der Waals surface area contributed by atoms with Crippen LogP contribution in [-0.2, 0) is 9.59 Å². The van der Waals surface area contributed by atoms with Gasteiger partial charge < -0.3 is 21.1 Å². The van der Waals surface area contributed by atoms with Crippen molar-refractivity contribution in [2.75, 3.05) is 13.1 Å². The number of carboxylic acid groups (broad SMARTS) is 1. The van der Waals surface area contributed by atoms with E-state index in [9.17, 15) is 14.4 Å². The number of nitrogens with one attached hydrogen (secondary N) is 3. The van der Waals surface area contributed by atoms with Crippen LogP contribution in [0.3, 0.4) is 0 Å². The molecular formula is C13H23N3O4. The summed E-state index contributed by atoms with van der Waals surface area (Å²) in [4.78, 5) is 33.7. The summed E-state index contributed by atoms with van der Waals surface area (Å²) in [6.45, 7) is 3.92. The third-order valence-electron chi connectivity index (χ3n) is 3.42. The summed E-state index contributed by atoms with van der Waals surface area (Å²) in [7, 11) is 0. The lowest BCUT2D eigenvalue weighted by molar-refractivity contribution is -0.141. The first-order valence-electron chi connectivity index (χ1n) is 6.86. The maximum Gasteiger partial charge on any atom is 0.315 e. The Kier molecular flexibility index (Phi) is 5.79. The second-order valence-electron chi connectivity index (χ2n) is 5.68. The predicted octanol–water partition coefficient (Wildman–Crippen LogP) is 0.455. The van der Waals surface area contributed by atoms with Gasteiger partial charge >= 0.3 is 12.0 Å². The molecule has 1 rings (SSSR count). The molecule has 7 heteroatoms. The third-order valence-corrected chi connectivity index (χ3v) is 3.42. The van der Waals surface area contributed by atoms with Gasteiger partial charge in [0.05, 0.1) is 13.0 Å². The van der Waals surface area contributed by atoms with E-state index >= 15 is 0 Å². The molecule has 0 spiro atoms. The average Bonchev–Trinajstić information content (AvgIpc) is 2.28. The quantitative estimate of drug-likeness (QED) is 0.545. The van der Waals surface area contributed by atoms with Gasteiger partial charge in [-0.05, 0) is 32.1 Å². The van der Waals surface area contributed by atoms with Gasteiger partial charge in [0.25, 0.3) is 0 Å². The van der Waals surface area contributed by atoms with Gasteiger partial charge in [0.1, 0.15) is 0 Å². The van der Waals surface area contributed by atoms with Crippen LogP contribution in [-0.4, -0.2) is 42.1 Å². The van der Waals surface area contributed by atoms with Crippen LogP contribution in [0.15, 0.2) is 0 Å². The molecule has 20 heavy (non-hydrogen) atoms. The second kappa shape index (κ2) is 7.12. The van der Waals surface area contributed by atoms with Crippen LogP contribution in [0.1, 0.15) is 39.5 Å². The summed E-state index contributed by atoms with van der Waals surface area (Å²) in [6.07, 6.45) is 2.69. The first-order chi connectivity index (χ1) is 9.33. The fourth-order valence-corrected chi connectivity index (χ4v) is 2.28. The maximum atomic E-state index is 11.6. The molecule has 3 amide bonds. The number of hydrogen-bond acceptors (Lipinski definition) is 3. The van der Waals surface area contributed by atoms with Gasteiger partial charge in [-0.3, -0.25) is 9.59 Å². The zero-order valence-corrected chi connectivity index (χ0v) is 12.0. The van der Waals surface area contributed by atoms with Gasteiger partial charge in [-0.2, -0.15) is 0 Å². The lowest BCUT2D eigenvalue weighted by Gasteiger charge is -2.40. The minimum absolute atomic E-state index is 0.0289. The normalized spacial score (nSPS) is 16.1. The van der Waals surface area contributed by atoms with E-state index in [4.69, 9.17) is 5.11 Å². The van der Waals surface area contributed by atoms with Gasteiger partial charge in [0.15, 0.2) is 0 Å². The van der Waals surface area contributed by atoms with E-state index in [1.165, 1.54) is 0 Å². The van der Waals surface area contributed by atoms with Gasteiger partial charge in [-0.15, -0.1) is 0 Å². The fourth-order valence-electron chi connectivity index (χ4n) is 2.28. The molecule has 0 aromatic rings. The molecule has 7 nitrogen and oxygen atoms in total. The lowest BCUT2D eigenvalue weighted by atomic mass is 9.66. The Morgan fingerprint density at radius 1 is 1.20 bits per heavy atom. The van der Waals surface area contributed by atoms with E-state index in [2.05, 4.69) is 16.0 Å². The van der Waals surface area contributed by atoms with Crippen LogP contribution < -0.4 is 16.0 Å². The molecule has 4 N–H and O–H groups in total. The smallest absolute Gasteiger partial charge is 0.315 e. The Balaban J connectivity index is 2.25. The zero-order chi connectivity index (χ0) is 15.2. The summed E-state index contributed by atoms with van der Waals surface area (Å²) in [5.41, 5.74) is -0.316. The number of carboxylic acids is 1. The highest BCUT2D eigenvalue weighted by molar-refractivity contribution is 5.84. The summed E-state index contributed by atoms with van der Waals surface area (Å²) in [6, 6.07) is -0.415. The fraction of sp³-hybridized carbons (Fsp3) is 0.769. The van der Waals surface area contributed by atoms with E-state index in [-0.39, 0.29) is 30.3 Å². The van der Waals surface area contributed by atoms with Crippen LogP contribution in [0.25, 0.3) is 0 Å². The Bertz CT molecular complexity index is 378. The Hall–Kier alpha value is -1.79. The van der Waals surface area contributed by atoms with Crippen molar-refractivity contribution in [1.82, 2.24) is 16.0 Å². The van der Waals surface area contributed by atoms with E-state index < -0.39 is 12.0 Å². The van der Waals surface area contributed by atoms with E-state index in [1.54, 1.807) is 0 Å². The van der Waals surface area contributed by atoms with Gasteiger partial charge in [-0.25, -0.2) is 4.79 Å². The Morgan fingerprint density at radius 3 is 2.30 bits per heavy atom. The summed E-state index contributed by atoms with van der Waals surface area (Å²) in [5.74, 6) is -1.10. The topological polar surface area (TPSA) is 108 Å². The predicted molar refractivity (Wildman–Crippen MR) is 73.2 cm³/mol. The van der Waals surface area contributed by atoms with Crippen molar-refractivity contribution >= 4 is 17.9 Å². The van der Waals surface area contributed by atoms with Gasteiger partial charge in [0.2, 0.25) is 5.91 Å². The molecule has 0 bridgehead atoms. The van der Waals surface area contributed by atoms with Crippen LogP contribution in [0, 0.1) is 5.41 Å². The van der Waals surface area contributed by atoms with Crippen molar-refractivity contribution in [1.29, 1.82) is 0 Å². The minimum Gasteiger partial charge on any atom is -0.481 e. The van der Waals surface area contributed by atoms with E-state index in [0.717, 1.165) is 19.3 Å². The molecule has 0 atom stereocenters. The molecule has 0 aliphatic heterocycles. The number of amides is 3. The zero-order valence-electron chi connectivity index (χ0n) is 12.0. The number of carbonyl (C=O) groups excluding carboxylic acids is 2. The maximum absolute atomic E-state index is 11.6. The van der Waals surface area contributed by atoms with Crippen molar-refractivity contribution in [3.05, 3.63) is 0 Å². The molecule has 0 radical (unpaired) electrons. The number of aliphatic carboxylic acids is 1. The molecule has 0 aromatic heterocycles. The molecule has 0 heterocycles. The van der Waals surface area contributed by atoms with Crippen LogP contribution in [0.2, 0.25) is 0 Å². The van der Waals surface area contributed by atoms with E-state index in [0.29, 0.717) is 6.54 Å². The first-order valence-corrected chi connectivity index (χ1v) is 6.86. The van der Waals surface area contributed by atoms with Crippen LogP contribution in [0.5, 0.6) is 0 Å². The standard InChI is InChI=1S/C13H23N3O4/c1-9(2)16-10(17)7-14-12(20)15-8-13(4-3-5-13)6-11(18)19/h9H,3-8H2,1-2H3,(H,16,17)(H,18,19)(H2,14,15,20). The first kappa shape index (κ1) is 16.3. The third kappa shape index (κ3) is 5.46.